The Morgan fingerprint density at radius 1 is 1.00 bits per heavy atom. The van der Waals surface area contributed by atoms with E-state index >= 15 is 0 Å². The zero-order chi connectivity index (χ0) is 10.5. The summed E-state index contributed by atoms with van der Waals surface area (Å²) in [5.74, 6) is 0.683. The molecule has 1 heterocycles. The molecule has 2 heteroatoms. The van der Waals surface area contributed by atoms with Gasteiger partial charge in [-0.05, 0) is 44.7 Å². The number of rotatable bonds is 3. The van der Waals surface area contributed by atoms with Crippen LogP contribution in [0.2, 0.25) is 0 Å². The molecule has 0 aromatic heterocycles. The van der Waals surface area contributed by atoms with E-state index in [0.29, 0.717) is 5.92 Å². The predicted octanol–water partition coefficient (Wildman–Crippen LogP) is 2.62. The Bertz CT molecular complexity index is 191. The van der Waals surface area contributed by atoms with Crippen molar-refractivity contribution in [1.29, 1.82) is 0 Å². The molecule has 1 saturated carbocycles. The van der Waals surface area contributed by atoms with Gasteiger partial charge in [0.15, 0.2) is 0 Å². The van der Waals surface area contributed by atoms with Gasteiger partial charge in [-0.15, -0.1) is 0 Å². The number of carbonyl (C=O) groups excluding carboxylic acids is 1. The first-order valence-corrected chi connectivity index (χ1v) is 6.58. The van der Waals surface area contributed by atoms with Crippen LogP contribution >= 0.6 is 0 Å². The zero-order valence-corrected chi connectivity index (χ0v) is 9.66. The molecule has 2 nitrogen and oxygen atoms in total. The van der Waals surface area contributed by atoms with Crippen LogP contribution in [0.1, 0.15) is 51.4 Å². The highest BCUT2D eigenvalue weighted by Crippen LogP contribution is 2.27. The lowest BCUT2D eigenvalue weighted by molar-refractivity contribution is -0.109. The normalized spacial score (nSPS) is 26.7. The smallest absolute Gasteiger partial charge is 0.120 e. The second kappa shape index (κ2) is 5.64. The van der Waals surface area contributed by atoms with Crippen LogP contribution < -0.4 is 0 Å². The fraction of sp³-hybridized carbons (Fsp3) is 0.923. The van der Waals surface area contributed by atoms with Crippen LogP contribution in [-0.4, -0.2) is 30.3 Å². The Morgan fingerprint density at radius 2 is 1.67 bits per heavy atom. The van der Waals surface area contributed by atoms with Crippen molar-refractivity contribution in [3.8, 4) is 0 Å². The van der Waals surface area contributed by atoms with Crippen LogP contribution in [0.5, 0.6) is 0 Å². The third-order valence-electron chi connectivity index (χ3n) is 4.17. The highest BCUT2D eigenvalue weighted by Gasteiger charge is 2.25. The van der Waals surface area contributed by atoms with E-state index in [4.69, 9.17) is 0 Å². The summed E-state index contributed by atoms with van der Waals surface area (Å²) in [4.78, 5) is 13.1. The quantitative estimate of drug-likeness (QED) is 0.666. The second-order valence-corrected chi connectivity index (χ2v) is 5.17. The summed E-state index contributed by atoms with van der Waals surface area (Å²) in [6.07, 6.45) is 11.5. The van der Waals surface area contributed by atoms with Crippen LogP contribution in [0, 0.1) is 5.92 Å². The van der Waals surface area contributed by atoms with Gasteiger partial charge in [0.25, 0.3) is 0 Å². The summed E-state index contributed by atoms with van der Waals surface area (Å²) in [5.41, 5.74) is 0. The molecular formula is C13H23NO. The van der Waals surface area contributed by atoms with Gasteiger partial charge >= 0.3 is 0 Å². The Hall–Kier alpha value is -0.370. The van der Waals surface area contributed by atoms with Crippen LogP contribution in [0.3, 0.4) is 0 Å². The molecule has 1 saturated heterocycles. The number of piperidine rings is 1. The van der Waals surface area contributed by atoms with Crippen LogP contribution in [0.4, 0.5) is 0 Å². The lowest BCUT2D eigenvalue weighted by Crippen LogP contribution is -2.42. The van der Waals surface area contributed by atoms with Crippen LogP contribution in [-0.2, 0) is 4.79 Å². The van der Waals surface area contributed by atoms with Crippen molar-refractivity contribution >= 4 is 6.29 Å². The number of carbonyl (C=O) groups is 1. The Morgan fingerprint density at radius 3 is 2.27 bits per heavy atom. The number of hydrogen-bond donors (Lipinski definition) is 0. The first kappa shape index (κ1) is 11.1. The van der Waals surface area contributed by atoms with Crippen LogP contribution in [0.25, 0.3) is 0 Å². The SMILES string of the molecule is O=CCC1CCN(C2CCCCC2)CC1. The third-order valence-corrected chi connectivity index (χ3v) is 4.17. The molecule has 86 valence electrons. The van der Waals surface area contributed by atoms with Gasteiger partial charge in [0.2, 0.25) is 0 Å². The lowest BCUT2D eigenvalue weighted by atomic mass is 9.89. The number of aldehydes is 1. The van der Waals surface area contributed by atoms with E-state index in [-0.39, 0.29) is 0 Å². The first-order valence-electron chi connectivity index (χ1n) is 6.58. The molecule has 2 fully saturated rings. The van der Waals surface area contributed by atoms with E-state index in [1.165, 1.54) is 58.0 Å². The monoisotopic (exact) mass is 209 g/mol. The van der Waals surface area contributed by atoms with Crippen molar-refractivity contribution < 1.29 is 4.79 Å². The standard InChI is InChI=1S/C13H23NO/c15-11-8-12-6-9-14(10-7-12)13-4-2-1-3-5-13/h11-13H,1-10H2. The maximum absolute atomic E-state index is 10.4. The van der Waals surface area contributed by atoms with Crippen molar-refractivity contribution in [2.75, 3.05) is 13.1 Å². The topological polar surface area (TPSA) is 20.3 Å². The molecule has 0 unspecified atom stereocenters. The van der Waals surface area contributed by atoms with Crippen molar-refractivity contribution in [3.05, 3.63) is 0 Å². The molecule has 0 radical (unpaired) electrons. The van der Waals surface area contributed by atoms with Crippen LogP contribution in [0.15, 0.2) is 0 Å². The van der Waals surface area contributed by atoms with E-state index in [1.807, 2.05) is 0 Å². The fourth-order valence-electron chi connectivity index (χ4n) is 3.14. The van der Waals surface area contributed by atoms with Gasteiger partial charge < -0.3 is 9.69 Å². The maximum atomic E-state index is 10.4. The van der Waals surface area contributed by atoms with Gasteiger partial charge in [-0.3, -0.25) is 0 Å². The minimum Gasteiger partial charge on any atom is -0.303 e. The molecule has 1 aliphatic heterocycles. The number of nitrogens with zero attached hydrogens (tertiary/aromatic N) is 1. The molecule has 0 amide bonds. The van der Waals surface area contributed by atoms with Crippen molar-refractivity contribution in [2.45, 2.75) is 57.4 Å². The van der Waals surface area contributed by atoms with Gasteiger partial charge in [0, 0.05) is 12.5 Å². The summed E-state index contributed by atoms with van der Waals surface area (Å²) < 4.78 is 0. The lowest BCUT2D eigenvalue weighted by Gasteiger charge is -2.39. The molecule has 0 spiro atoms. The summed E-state index contributed by atoms with van der Waals surface area (Å²) >= 11 is 0. The highest BCUT2D eigenvalue weighted by atomic mass is 16.1. The molecule has 15 heavy (non-hydrogen) atoms. The Balaban J connectivity index is 1.74. The molecular weight excluding hydrogens is 186 g/mol. The van der Waals surface area contributed by atoms with E-state index in [9.17, 15) is 4.79 Å². The van der Waals surface area contributed by atoms with Gasteiger partial charge in [-0.2, -0.15) is 0 Å². The van der Waals surface area contributed by atoms with E-state index in [1.54, 1.807) is 0 Å². The average Bonchev–Trinajstić information content (AvgIpc) is 2.32. The number of likely N-dealkylation sites (tertiary alicyclic amines) is 1. The third kappa shape index (κ3) is 3.04. The molecule has 0 N–H and O–H groups in total. The van der Waals surface area contributed by atoms with Gasteiger partial charge in [0.1, 0.15) is 6.29 Å². The van der Waals surface area contributed by atoms with Crippen molar-refractivity contribution in [1.82, 2.24) is 4.90 Å². The Kier molecular flexibility index (Phi) is 4.18. The summed E-state index contributed by atoms with van der Waals surface area (Å²) in [7, 11) is 0. The predicted molar refractivity (Wildman–Crippen MR) is 61.9 cm³/mol. The zero-order valence-electron chi connectivity index (χ0n) is 9.66. The fourth-order valence-corrected chi connectivity index (χ4v) is 3.14. The van der Waals surface area contributed by atoms with Gasteiger partial charge in [-0.25, -0.2) is 0 Å². The molecule has 2 rings (SSSR count). The minimum atomic E-state index is 0.683. The average molecular weight is 209 g/mol. The molecule has 1 aliphatic carbocycles. The minimum absolute atomic E-state index is 0.683. The molecule has 2 aliphatic rings. The highest BCUT2D eigenvalue weighted by molar-refractivity contribution is 5.49. The molecule has 0 atom stereocenters. The number of hydrogen-bond acceptors (Lipinski definition) is 2. The summed E-state index contributed by atoms with van der Waals surface area (Å²) in [6.45, 7) is 2.48. The Labute approximate surface area is 93.0 Å². The summed E-state index contributed by atoms with van der Waals surface area (Å²) in [6, 6.07) is 0.871. The first-order chi connectivity index (χ1) is 7.40. The molecule has 0 aromatic rings. The molecule has 0 aromatic carbocycles. The van der Waals surface area contributed by atoms with Gasteiger partial charge in [0.05, 0.1) is 0 Å². The maximum Gasteiger partial charge on any atom is 0.120 e. The van der Waals surface area contributed by atoms with Crippen molar-refractivity contribution in [3.63, 3.8) is 0 Å². The van der Waals surface area contributed by atoms with Gasteiger partial charge in [-0.1, -0.05) is 19.3 Å². The van der Waals surface area contributed by atoms with E-state index in [2.05, 4.69) is 4.90 Å². The van der Waals surface area contributed by atoms with E-state index < -0.39 is 0 Å². The second-order valence-electron chi connectivity index (χ2n) is 5.17. The van der Waals surface area contributed by atoms with Crippen molar-refractivity contribution in [2.24, 2.45) is 5.92 Å². The van der Waals surface area contributed by atoms with E-state index in [0.717, 1.165) is 18.7 Å². The largest absolute Gasteiger partial charge is 0.303 e. The summed E-state index contributed by atoms with van der Waals surface area (Å²) in [5, 5.41) is 0. The molecule has 0 bridgehead atoms.